The van der Waals surface area contributed by atoms with Crippen LogP contribution in [0.25, 0.3) is 0 Å². The van der Waals surface area contributed by atoms with Gasteiger partial charge in [-0.25, -0.2) is 0 Å². The highest BCUT2D eigenvalue weighted by molar-refractivity contribution is 5.13. The second-order valence-corrected chi connectivity index (χ2v) is 4.75. The van der Waals surface area contributed by atoms with Crippen molar-refractivity contribution >= 4 is 0 Å². The molecule has 0 aromatic carbocycles. The second kappa shape index (κ2) is 6.72. The van der Waals surface area contributed by atoms with Crippen molar-refractivity contribution in [3.63, 3.8) is 0 Å². The number of nitrogens with one attached hydrogen (secondary N) is 1. The Morgan fingerprint density at radius 1 is 1.29 bits per heavy atom. The van der Waals surface area contributed by atoms with Gasteiger partial charge in [0.2, 0.25) is 0 Å². The third-order valence-electron chi connectivity index (χ3n) is 3.82. The molecule has 0 amide bonds. The first-order valence-electron chi connectivity index (χ1n) is 6.41. The normalized spacial score (nSPS) is 13.6. The quantitative estimate of drug-likeness (QED) is 0.764. The molecule has 0 spiro atoms. The SMILES string of the molecule is CCC(CC)(CO)CN[C@@H](C)c1ccncc1. The highest BCUT2D eigenvalue weighted by atomic mass is 16.3. The maximum atomic E-state index is 9.51. The largest absolute Gasteiger partial charge is 0.396 e. The summed E-state index contributed by atoms with van der Waals surface area (Å²) in [7, 11) is 0. The van der Waals surface area contributed by atoms with Crippen molar-refractivity contribution in [1.82, 2.24) is 10.3 Å². The number of aromatic nitrogens is 1. The predicted octanol–water partition coefficient (Wildman–Crippen LogP) is 2.53. The number of rotatable bonds is 7. The minimum absolute atomic E-state index is 0.0152. The maximum absolute atomic E-state index is 9.51. The average Bonchev–Trinajstić information content (AvgIpc) is 2.41. The zero-order valence-electron chi connectivity index (χ0n) is 11.1. The third-order valence-corrected chi connectivity index (χ3v) is 3.82. The summed E-state index contributed by atoms with van der Waals surface area (Å²) in [6.45, 7) is 7.51. The van der Waals surface area contributed by atoms with E-state index in [0.29, 0.717) is 6.04 Å². The number of pyridine rings is 1. The Bertz CT molecular complexity index is 301. The molecule has 1 aromatic rings. The molecule has 1 aromatic heterocycles. The van der Waals surface area contributed by atoms with E-state index < -0.39 is 0 Å². The van der Waals surface area contributed by atoms with Crippen LogP contribution in [-0.4, -0.2) is 23.2 Å². The molecule has 17 heavy (non-hydrogen) atoms. The van der Waals surface area contributed by atoms with Gasteiger partial charge < -0.3 is 10.4 Å². The minimum Gasteiger partial charge on any atom is -0.396 e. The Labute approximate surface area is 104 Å². The molecule has 1 rings (SSSR count). The molecule has 0 radical (unpaired) electrons. The van der Waals surface area contributed by atoms with E-state index in [4.69, 9.17) is 0 Å². The Hall–Kier alpha value is -0.930. The summed E-state index contributed by atoms with van der Waals surface area (Å²) in [6, 6.07) is 4.34. The lowest BCUT2D eigenvalue weighted by atomic mass is 9.83. The van der Waals surface area contributed by atoms with Gasteiger partial charge in [0.1, 0.15) is 0 Å². The zero-order chi connectivity index (χ0) is 12.7. The number of hydrogen-bond donors (Lipinski definition) is 2. The van der Waals surface area contributed by atoms with Crippen molar-refractivity contribution in [1.29, 1.82) is 0 Å². The van der Waals surface area contributed by atoms with E-state index >= 15 is 0 Å². The molecule has 3 heteroatoms. The number of hydrogen-bond acceptors (Lipinski definition) is 3. The van der Waals surface area contributed by atoms with Crippen LogP contribution < -0.4 is 5.32 Å². The van der Waals surface area contributed by atoms with Crippen LogP contribution in [0.3, 0.4) is 0 Å². The predicted molar refractivity (Wildman–Crippen MR) is 70.8 cm³/mol. The Balaban J connectivity index is 2.55. The first-order chi connectivity index (χ1) is 8.17. The Morgan fingerprint density at radius 2 is 1.88 bits per heavy atom. The molecule has 0 bridgehead atoms. The summed E-state index contributed by atoms with van der Waals surface area (Å²) in [5, 5.41) is 13.0. The summed E-state index contributed by atoms with van der Waals surface area (Å²) in [6.07, 6.45) is 5.62. The van der Waals surface area contributed by atoms with Crippen molar-refractivity contribution in [2.24, 2.45) is 5.41 Å². The van der Waals surface area contributed by atoms with Gasteiger partial charge in [-0.2, -0.15) is 0 Å². The van der Waals surface area contributed by atoms with E-state index in [1.807, 2.05) is 24.5 Å². The Morgan fingerprint density at radius 3 is 2.35 bits per heavy atom. The lowest BCUT2D eigenvalue weighted by Gasteiger charge is -2.31. The van der Waals surface area contributed by atoms with E-state index in [1.165, 1.54) is 5.56 Å². The fourth-order valence-corrected chi connectivity index (χ4v) is 1.92. The lowest BCUT2D eigenvalue weighted by Crippen LogP contribution is -2.37. The molecule has 1 heterocycles. The van der Waals surface area contributed by atoms with Crippen molar-refractivity contribution in [3.05, 3.63) is 30.1 Å². The fourth-order valence-electron chi connectivity index (χ4n) is 1.92. The molecule has 0 aliphatic rings. The van der Waals surface area contributed by atoms with Crippen LogP contribution in [-0.2, 0) is 0 Å². The molecule has 3 nitrogen and oxygen atoms in total. The Kier molecular flexibility index (Phi) is 5.59. The highest BCUT2D eigenvalue weighted by Gasteiger charge is 2.25. The third kappa shape index (κ3) is 3.79. The molecule has 1 atom stereocenters. The van der Waals surface area contributed by atoms with Crippen LogP contribution in [0.2, 0.25) is 0 Å². The minimum atomic E-state index is 0.0152. The van der Waals surface area contributed by atoms with Crippen molar-refractivity contribution in [3.8, 4) is 0 Å². The van der Waals surface area contributed by atoms with Gasteiger partial charge in [0, 0.05) is 37.0 Å². The van der Waals surface area contributed by atoms with E-state index in [9.17, 15) is 5.11 Å². The topological polar surface area (TPSA) is 45.1 Å². The number of aliphatic hydroxyl groups excluding tert-OH is 1. The molecule has 0 aliphatic heterocycles. The van der Waals surface area contributed by atoms with Gasteiger partial charge in [-0.05, 0) is 37.5 Å². The van der Waals surface area contributed by atoms with Crippen molar-refractivity contribution < 1.29 is 5.11 Å². The first-order valence-corrected chi connectivity index (χ1v) is 6.41. The van der Waals surface area contributed by atoms with Crippen LogP contribution in [0, 0.1) is 5.41 Å². The van der Waals surface area contributed by atoms with Gasteiger partial charge in [-0.3, -0.25) is 4.98 Å². The highest BCUT2D eigenvalue weighted by Crippen LogP contribution is 2.25. The van der Waals surface area contributed by atoms with E-state index in [0.717, 1.165) is 19.4 Å². The summed E-state index contributed by atoms with van der Waals surface area (Å²) in [4.78, 5) is 4.02. The smallest absolute Gasteiger partial charge is 0.0499 e. The summed E-state index contributed by atoms with van der Waals surface area (Å²) < 4.78 is 0. The number of nitrogens with zero attached hydrogens (tertiary/aromatic N) is 1. The molecular formula is C14H24N2O. The first kappa shape index (κ1) is 14.1. The van der Waals surface area contributed by atoms with Crippen LogP contribution in [0.5, 0.6) is 0 Å². The van der Waals surface area contributed by atoms with Gasteiger partial charge >= 0.3 is 0 Å². The maximum Gasteiger partial charge on any atom is 0.0499 e. The fraction of sp³-hybridized carbons (Fsp3) is 0.643. The monoisotopic (exact) mass is 236 g/mol. The van der Waals surface area contributed by atoms with Crippen molar-refractivity contribution in [2.45, 2.75) is 39.7 Å². The van der Waals surface area contributed by atoms with Gasteiger partial charge in [0.05, 0.1) is 0 Å². The van der Waals surface area contributed by atoms with Gasteiger partial charge in [-0.15, -0.1) is 0 Å². The average molecular weight is 236 g/mol. The summed E-state index contributed by atoms with van der Waals surface area (Å²) in [5.41, 5.74) is 1.25. The molecule has 0 aliphatic carbocycles. The molecule has 0 saturated heterocycles. The second-order valence-electron chi connectivity index (χ2n) is 4.75. The molecule has 96 valence electrons. The van der Waals surface area contributed by atoms with Crippen LogP contribution >= 0.6 is 0 Å². The summed E-state index contributed by atoms with van der Waals surface area (Å²) in [5.74, 6) is 0. The molecule has 0 fully saturated rings. The van der Waals surface area contributed by atoms with E-state index in [2.05, 4.69) is 31.1 Å². The number of aliphatic hydroxyl groups is 1. The lowest BCUT2D eigenvalue weighted by molar-refractivity contribution is 0.110. The summed E-state index contributed by atoms with van der Waals surface area (Å²) >= 11 is 0. The molecule has 0 saturated carbocycles. The molecular weight excluding hydrogens is 212 g/mol. The molecule has 0 unspecified atom stereocenters. The van der Waals surface area contributed by atoms with Crippen molar-refractivity contribution in [2.75, 3.05) is 13.2 Å². The standard InChI is InChI=1S/C14H24N2O/c1-4-14(5-2,11-17)10-16-12(3)13-6-8-15-9-7-13/h6-9,12,16-17H,4-5,10-11H2,1-3H3/t12-/m0/s1. The van der Waals surface area contributed by atoms with Gasteiger partial charge in [0.25, 0.3) is 0 Å². The van der Waals surface area contributed by atoms with Crippen LogP contribution in [0.1, 0.15) is 45.2 Å². The molecule has 2 N–H and O–H groups in total. The van der Waals surface area contributed by atoms with E-state index in [1.54, 1.807) is 0 Å². The van der Waals surface area contributed by atoms with Gasteiger partial charge in [-0.1, -0.05) is 13.8 Å². The van der Waals surface area contributed by atoms with Crippen LogP contribution in [0.4, 0.5) is 0 Å². The van der Waals surface area contributed by atoms with E-state index in [-0.39, 0.29) is 12.0 Å². The van der Waals surface area contributed by atoms with Gasteiger partial charge in [0.15, 0.2) is 0 Å². The van der Waals surface area contributed by atoms with Crippen LogP contribution in [0.15, 0.2) is 24.5 Å². The zero-order valence-corrected chi connectivity index (χ0v) is 11.1.